The molecule has 0 radical (unpaired) electrons. The zero-order chi connectivity index (χ0) is 8.85. The highest BCUT2D eigenvalue weighted by molar-refractivity contribution is 5.73. The lowest BCUT2D eigenvalue weighted by atomic mass is 10.4. The summed E-state index contributed by atoms with van der Waals surface area (Å²) in [4.78, 5) is 10.5. The topological polar surface area (TPSA) is 35.5 Å². The van der Waals surface area contributed by atoms with E-state index in [4.69, 9.17) is 0 Å². The average molecular weight is 168 g/mol. The van der Waals surface area contributed by atoms with E-state index in [-0.39, 0.29) is 0 Å². The van der Waals surface area contributed by atoms with Gasteiger partial charge in [0, 0.05) is 0 Å². The zero-order valence-corrected chi connectivity index (χ0v) is 6.34. The predicted octanol–water partition coefficient (Wildman–Crippen LogP) is 0.830. The maximum atomic E-state index is 11.5. The van der Waals surface area contributed by atoms with Crippen molar-refractivity contribution in [1.82, 2.24) is 0 Å². The highest BCUT2D eigenvalue weighted by Gasteiger charge is 2.15. The molecule has 0 unspecified atom stereocenters. The number of esters is 1. The van der Waals surface area contributed by atoms with Gasteiger partial charge in [-0.15, -0.1) is 0 Å². The van der Waals surface area contributed by atoms with E-state index in [1.807, 2.05) is 0 Å². The Kier molecular flexibility index (Phi) is 4.69. The second-order valence-corrected chi connectivity index (χ2v) is 1.89. The first-order valence-electron chi connectivity index (χ1n) is 3.05. The summed E-state index contributed by atoms with van der Waals surface area (Å²) in [6.07, 6.45) is -3.48. The minimum Gasteiger partial charge on any atom is -0.467 e. The predicted molar refractivity (Wildman–Crippen MR) is 33.4 cm³/mol. The van der Waals surface area contributed by atoms with Crippen LogP contribution in [0.4, 0.5) is 8.78 Å². The van der Waals surface area contributed by atoms with Crippen molar-refractivity contribution in [2.24, 2.45) is 0 Å². The van der Waals surface area contributed by atoms with Gasteiger partial charge in [-0.3, -0.25) is 0 Å². The Hall–Kier alpha value is -0.710. The molecule has 0 aliphatic heterocycles. The van der Waals surface area contributed by atoms with Crippen LogP contribution in [-0.4, -0.2) is 32.2 Å². The summed E-state index contributed by atoms with van der Waals surface area (Å²) in [5, 5.41) is 0. The minimum atomic E-state index is -2.55. The molecule has 5 heteroatoms. The van der Waals surface area contributed by atoms with Gasteiger partial charge in [0.25, 0.3) is 6.43 Å². The summed E-state index contributed by atoms with van der Waals surface area (Å²) in [5.41, 5.74) is 0. The Morgan fingerprint density at radius 2 is 2.09 bits per heavy atom. The molecule has 1 atom stereocenters. The number of hydrogen-bond acceptors (Lipinski definition) is 3. The van der Waals surface area contributed by atoms with E-state index < -0.39 is 25.1 Å². The molecule has 0 aromatic rings. The first kappa shape index (κ1) is 10.3. The van der Waals surface area contributed by atoms with Gasteiger partial charge in [-0.25, -0.2) is 13.6 Å². The number of hydrogen-bond donors (Lipinski definition) is 0. The molecular formula is C6H10F2O3. The van der Waals surface area contributed by atoms with Gasteiger partial charge in [0.15, 0.2) is 6.10 Å². The zero-order valence-electron chi connectivity index (χ0n) is 6.34. The van der Waals surface area contributed by atoms with Crippen molar-refractivity contribution >= 4 is 5.97 Å². The van der Waals surface area contributed by atoms with E-state index in [0.29, 0.717) is 0 Å². The van der Waals surface area contributed by atoms with Crippen LogP contribution in [-0.2, 0) is 14.3 Å². The highest BCUT2D eigenvalue weighted by Crippen LogP contribution is 1.98. The van der Waals surface area contributed by atoms with Gasteiger partial charge in [-0.05, 0) is 6.92 Å². The quantitative estimate of drug-likeness (QED) is 0.583. The van der Waals surface area contributed by atoms with Gasteiger partial charge in [-0.1, -0.05) is 0 Å². The van der Waals surface area contributed by atoms with E-state index in [0.717, 1.165) is 0 Å². The smallest absolute Gasteiger partial charge is 0.334 e. The van der Waals surface area contributed by atoms with Crippen LogP contribution in [0.5, 0.6) is 0 Å². The highest BCUT2D eigenvalue weighted by atomic mass is 19.3. The van der Waals surface area contributed by atoms with Crippen LogP contribution in [0, 0.1) is 0 Å². The summed E-state index contributed by atoms with van der Waals surface area (Å²) in [6, 6.07) is 0. The minimum absolute atomic E-state index is 0.648. The lowest BCUT2D eigenvalue weighted by Crippen LogP contribution is -2.24. The first-order chi connectivity index (χ1) is 5.07. The first-order valence-corrected chi connectivity index (χ1v) is 3.05. The van der Waals surface area contributed by atoms with E-state index >= 15 is 0 Å². The fourth-order valence-corrected chi connectivity index (χ4v) is 0.451. The van der Waals surface area contributed by atoms with E-state index in [1.165, 1.54) is 14.0 Å². The molecule has 0 saturated heterocycles. The summed E-state index contributed by atoms with van der Waals surface area (Å²) in [6.45, 7) is 0.616. The molecule has 11 heavy (non-hydrogen) atoms. The Morgan fingerprint density at radius 1 is 1.55 bits per heavy atom. The van der Waals surface area contributed by atoms with Crippen molar-refractivity contribution in [3.8, 4) is 0 Å². The molecule has 0 rings (SSSR count). The number of alkyl halides is 2. The molecule has 0 fully saturated rings. The maximum Gasteiger partial charge on any atom is 0.334 e. The van der Waals surface area contributed by atoms with Gasteiger partial charge in [0.1, 0.15) is 6.61 Å². The lowest BCUT2D eigenvalue weighted by Gasteiger charge is -2.09. The molecule has 0 saturated carbocycles. The second kappa shape index (κ2) is 5.01. The molecule has 0 heterocycles. The SMILES string of the molecule is COC(=O)[C@H](C)OCC(F)F. The van der Waals surface area contributed by atoms with Crippen LogP contribution in [0.15, 0.2) is 0 Å². The van der Waals surface area contributed by atoms with Crippen LogP contribution in [0.1, 0.15) is 6.92 Å². The molecule has 3 nitrogen and oxygen atoms in total. The second-order valence-electron chi connectivity index (χ2n) is 1.89. The Labute approximate surface area is 63.3 Å². The lowest BCUT2D eigenvalue weighted by molar-refractivity contribution is -0.155. The van der Waals surface area contributed by atoms with Crippen molar-refractivity contribution in [2.75, 3.05) is 13.7 Å². The fourth-order valence-electron chi connectivity index (χ4n) is 0.451. The van der Waals surface area contributed by atoms with Gasteiger partial charge in [-0.2, -0.15) is 0 Å². The summed E-state index contributed by atoms with van der Waals surface area (Å²) >= 11 is 0. The maximum absolute atomic E-state index is 11.5. The number of ether oxygens (including phenoxy) is 2. The van der Waals surface area contributed by atoms with Crippen molar-refractivity contribution < 1.29 is 23.0 Å². The normalized spacial score (nSPS) is 13.2. The van der Waals surface area contributed by atoms with Crippen molar-refractivity contribution in [2.45, 2.75) is 19.5 Å². The number of carbonyl (C=O) groups is 1. The van der Waals surface area contributed by atoms with Gasteiger partial charge in [0.05, 0.1) is 7.11 Å². The largest absolute Gasteiger partial charge is 0.467 e. The molecule has 0 N–H and O–H groups in total. The molecular weight excluding hydrogens is 158 g/mol. The Bertz CT molecular complexity index is 127. The van der Waals surface area contributed by atoms with Crippen LogP contribution in [0.2, 0.25) is 0 Å². The molecule has 0 amide bonds. The van der Waals surface area contributed by atoms with Crippen LogP contribution < -0.4 is 0 Å². The number of rotatable bonds is 4. The van der Waals surface area contributed by atoms with Crippen molar-refractivity contribution in [1.29, 1.82) is 0 Å². The van der Waals surface area contributed by atoms with E-state index in [1.54, 1.807) is 0 Å². The molecule has 0 spiro atoms. The fraction of sp³-hybridized carbons (Fsp3) is 0.833. The molecule has 0 aromatic carbocycles. The number of methoxy groups -OCH3 is 1. The average Bonchev–Trinajstić information content (AvgIpc) is 1.98. The molecule has 0 aliphatic rings. The third-order valence-corrected chi connectivity index (χ3v) is 1.01. The summed E-state index contributed by atoms with van der Waals surface area (Å²) in [7, 11) is 1.17. The summed E-state index contributed by atoms with van der Waals surface area (Å²) < 4.78 is 31.6. The molecule has 66 valence electrons. The van der Waals surface area contributed by atoms with Crippen molar-refractivity contribution in [3.63, 3.8) is 0 Å². The van der Waals surface area contributed by atoms with Gasteiger partial charge >= 0.3 is 5.97 Å². The van der Waals surface area contributed by atoms with Gasteiger partial charge < -0.3 is 9.47 Å². The monoisotopic (exact) mass is 168 g/mol. The van der Waals surface area contributed by atoms with Gasteiger partial charge in [0.2, 0.25) is 0 Å². The van der Waals surface area contributed by atoms with Crippen LogP contribution >= 0.6 is 0 Å². The third kappa shape index (κ3) is 4.66. The van der Waals surface area contributed by atoms with E-state index in [9.17, 15) is 13.6 Å². The number of carbonyl (C=O) groups excluding carboxylic acids is 1. The van der Waals surface area contributed by atoms with E-state index in [2.05, 4.69) is 9.47 Å². The Balaban J connectivity index is 3.52. The van der Waals surface area contributed by atoms with Crippen LogP contribution in [0.3, 0.4) is 0 Å². The molecule has 0 aromatic heterocycles. The third-order valence-electron chi connectivity index (χ3n) is 1.01. The van der Waals surface area contributed by atoms with Crippen LogP contribution in [0.25, 0.3) is 0 Å². The molecule has 0 bridgehead atoms. The Morgan fingerprint density at radius 3 is 2.45 bits per heavy atom. The molecule has 0 aliphatic carbocycles. The summed E-state index contributed by atoms with van der Waals surface area (Å²) in [5.74, 6) is -0.648. The standard InChI is InChI=1S/C6H10F2O3/c1-4(6(9)10-2)11-3-5(7)8/h4-5H,3H2,1-2H3/t4-/m0/s1. The van der Waals surface area contributed by atoms with Crippen molar-refractivity contribution in [3.05, 3.63) is 0 Å². The number of halogens is 2.